The Hall–Kier alpha value is -2.91. The summed E-state index contributed by atoms with van der Waals surface area (Å²) in [5, 5.41) is 3.28. The summed E-state index contributed by atoms with van der Waals surface area (Å²) in [5.74, 6) is -0.454. The Morgan fingerprint density at radius 3 is 2.12 bits per heavy atom. The molecule has 3 aromatic carbocycles. The minimum Gasteiger partial charge on any atom is -0.321 e. The summed E-state index contributed by atoms with van der Waals surface area (Å²) in [7, 11) is 0. The predicted octanol–water partition coefficient (Wildman–Crippen LogP) is 5.44. The molecule has 0 radical (unpaired) electrons. The first-order valence-corrected chi connectivity index (χ1v) is 8.61. The first-order chi connectivity index (χ1) is 12.4. The van der Waals surface area contributed by atoms with Crippen LogP contribution >= 0.6 is 11.6 Å². The highest BCUT2D eigenvalue weighted by Gasteiger charge is 2.17. The van der Waals surface area contributed by atoms with E-state index in [1.54, 1.807) is 42.5 Å². The van der Waals surface area contributed by atoms with Crippen LogP contribution in [0.4, 0.5) is 5.69 Å². The molecule has 0 aliphatic carbocycles. The van der Waals surface area contributed by atoms with Crippen LogP contribution in [0.2, 0.25) is 5.02 Å². The number of carbonyl (C=O) groups excluding carboxylic acids is 2. The zero-order valence-electron chi connectivity index (χ0n) is 14.5. The fourth-order valence-electron chi connectivity index (χ4n) is 2.86. The normalized spacial score (nSPS) is 10.4. The van der Waals surface area contributed by atoms with Crippen LogP contribution in [0.5, 0.6) is 0 Å². The lowest BCUT2D eigenvalue weighted by Crippen LogP contribution is -2.15. The number of carbonyl (C=O) groups is 2. The molecule has 0 fully saturated rings. The fourth-order valence-corrected chi connectivity index (χ4v) is 3.03. The van der Waals surface area contributed by atoms with E-state index in [0.29, 0.717) is 27.4 Å². The summed E-state index contributed by atoms with van der Waals surface area (Å²) in [4.78, 5) is 25.5. The second-order valence-corrected chi connectivity index (χ2v) is 6.65. The molecule has 3 aromatic rings. The summed E-state index contributed by atoms with van der Waals surface area (Å²) in [6.45, 7) is 3.88. The van der Waals surface area contributed by atoms with Gasteiger partial charge in [0, 0.05) is 21.7 Å². The van der Waals surface area contributed by atoms with Crippen molar-refractivity contribution >= 4 is 29.0 Å². The van der Waals surface area contributed by atoms with Gasteiger partial charge in [-0.1, -0.05) is 59.1 Å². The SMILES string of the molecule is Cc1cc(C)cc(C(=O)Nc2ccc(Cl)cc2C(=O)c2ccccc2)c1. The molecule has 0 saturated heterocycles. The molecular weight excluding hydrogens is 346 g/mol. The lowest BCUT2D eigenvalue weighted by atomic mass is 10.0. The lowest BCUT2D eigenvalue weighted by molar-refractivity contribution is 0.102. The number of rotatable bonds is 4. The number of halogens is 1. The predicted molar refractivity (Wildman–Crippen MR) is 105 cm³/mol. The van der Waals surface area contributed by atoms with Gasteiger partial charge < -0.3 is 5.32 Å². The van der Waals surface area contributed by atoms with Crippen LogP contribution in [-0.4, -0.2) is 11.7 Å². The fraction of sp³-hybridized carbons (Fsp3) is 0.0909. The van der Waals surface area contributed by atoms with Gasteiger partial charge in [-0.05, 0) is 44.2 Å². The molecule has 0 heterocycles. The maximum Gasteiger partial charge on any atom is 0.255 e. The van der Waals surface area contributed by atoms with Gasteiger partial charge in [-0.3, -0.25) is 9.59 Å². The van der Waals surface area contributed by atoms with Crippen LogP contribution in [0.3, 0.4) is 0 Å². The van der Waals surface area contributed by atoms with Crippen LogP contribution in [0.25, 0.3) is 0 Å². The molecule has 1 amide bonds. The molecular formula is C22H18ClNO2. The van der Waals surface area contributed by atoms with Crippen LogP contribution < -0.4 is 5.32 Å². The quantitative estimate of drug-likeness (QED) is 0.627. The smallest absolute Gasteiger partial charge is 0.255 e. The molecule has 0 spiro atoms. The number of hydrogen-bond donors (Lipinski definition) is 1. The second-order valence-electron chi connectivity index (χ2n) is 6.22. The first kappa shape index (κ1) is 17.9. The van der Waals surface area contributed by atoms with Gasteiger partial charge in [0.05, 0.1) is 5.69 Å². The Bertz CT molecular complexity index is 960. The largest absolute Gasteiger partial charge is 0.321 e. The molecule has 0 aliphatic heterocycles. The van der Waals surface area contributed by atoms with Crippen molar-refractivity contribution in [2.75, 3.05) is 5.32 Å². The highest BCUT2D eigenvalue weighted by Crippen LogP contribution is 2.24. The van der Waals surface area contributed by atoms with E-state index in [2.05, 4.69) is 5.32 Å². The molecule has 0 saturated carbocycles. The number of aryl methyl sites for hydroxylation is 2. The van der Waals surface area contributed by atoms with Crippen LogP contribution in [0.1, 0.15) is 37.4 Å². The molecule has 130 valence electrons. The van der Waals surface area contributed by atoms with Crippen molar-refractivity contribution in [3.05, 3.63) is 99.6 Å². The Balaban J connectivity index is 1.95. The van der Waals surface area contributed by atoms with Gasteiger partial charge in [0.15, 0.2) is 5.78 Å². The van der Waals surface area contributed by atoms with Crippen molar-refractivity contribution in [2.45, 2.75) is 13.8 Å². The van der Waals surface area contributed by atoms with E-state index in [4.69, 9.17) is 11.6 Å². The van der Waals surface area contributed by atoms with E-state index in [0.717, 1.165) is 11.1 Å². The summed E-state index contributed by atoms with van der Waals surface area (Å²) in [6.07, 6.45) is 0. The molecule has 0 aliphatic rings. The number of amides is 1. The topological polar surface area (TPSA) is 46.2 Å². The third kappa shape index (κ3) is 4.01. The molecule has 3 nitrogen and oxygen atoms in total. The van der Waals surface area contributed by atoms with Crippen molar-refractivity contribution in [1.82, 2.24) is 0 Å². The zero-order valence-corrected chi connectivity index (χ0v) is 15.3. The molecule has 4 heteroatoms. The summed E-state index contributed by atoms with van der Waals surface area (Å²) < 4.78 is 0. The van der Waals surface area contributed by atoms with Crippen LogP contribution in [0.15, 0.2) is 66.7 Å². The molecule has 26 heavy (non-hydrogen) atoms. The molecule has 1 N–H and O–H groups in total. The number of hydrogen-bond acceptors (Lipinski definition) is 2. The van der Waals surface area contributed by atoms with Gasteiger partial charge in [0.25, 0.3) is 5.91 Å². The Morgan fingerprint density at radius 1 is 0.808 bits per heavy atom. The molecule has 0 aromatic heterocycles. The summed E-state index contributed by atoms with van der Waals surface area (Å²) in [6, 6.07) is 19.4. The molecule has 0 atom stereocenters. The Labute approximate surface area is 157 Å². The number of anilines is 1. The van der Waals surface area contributed by atoms with E-state index in [-0.39, 0.29) is 11.7 Å². The molecule has 0 unspecified atom stereocenters. The van der Waals surface area contributed by atoms with Crippen molar-refractivity contribution in [2.24, 2.45) is 0 Å². The van der Waals surface area contributed by atoms with Crippen molar-refractivity contribution in [3.8, 4) is 0 Å². The van der Waals surface area contributed by atoms with Crippen molar-refractivity contribution in [3.63, 3.8) is 0 Å². The van der Waals surface area contributed by atoms with Gasteiger partial charge in [0.1, 0.15) is 0 Å². The van der Waals surface area contributed by atoms with Crippen molar-refractivity contribution in [1.29, 1.82) is 0 Å². The number of ketones is 1. The van der Waals surface area contributed by atoms with E-state index in [1.807, 2.05) is 38.1 Å². The highest BCUT2D eigenvalue weighted by molar-refractivity contribution is 6.31. The van der Waals surface area contributed by atoms with Crippen LogP contribution in [0, 0.1) is 13.8 Å². The molecule has 3 rings (SSSR count). The van der Waals surface area contributed by atoms with Crippen molar-refractivity contribution < 1.29 is 9.59 Å². The first-order valence-electron chi connectivity index (χ1n) is 8.23. The third-order valence-corrected chi connectivity index (χ3v) is 4.23. The van der Waals surface area contributed by atoms with Crippen LogP contribution in [-0.2, 0) is 0 Å². The minimum atomic E-state index is -0.263. The second kappa shape index (κ2) is 7.54. The summed E-state index contributed by atoms with van der Waals surface area (Å²) >= 11 is 6.08. The standard InChI is InChI=1S/C22H18ClNO2/c1-14-10-15(2)12-17(11-14)22(26)24-20-9-8-18(23)13-19(20)21(25)16-6-4-3-5-7-16/h3-13H,1-2H3,(H,24,26). The summed E-state index contributed by atoms with van der Waals surface area (Å²) in [5.41, 5.74) is 3.90. The Morgan fingerprint density at radius 2 is 1.46 bits per heavy atom. The lowest BCUT2D eigenvalue weighted by Gasteiger charge is -2.12. The Kier molecular flexibility index (Phi) is 5.19. The maximum atomic E-state index is 12.8. The van der Waals surface area contributed by atoms with E-state index in [9.17, 15) is 9.59 Å². The minimum absolute atomic E-state index is 0.191. The van der Waals surface area contributed by atoms with Gasteiger partial charge in [0.2, 0.25) is 0 Å². The van der Waals surface area contributed by atoms with Gasteiger partial charge in [-0.2, -0.15) is 0 Å². The van der Waals surface area contributed by atoms with E-state index in [1.165, 1.54) is 0 Å². The zero-order chi connectivity index (χ0) is 18.7. The van der Waals surface area contributed by atoms with E-state index >= 15 is 0 Å². The third-order valence-electron chi connectivity index (χ3n) is 3.99. The monoisotopic (exact) mass is 363 g/mol. The maximum absolute atomic E-state index is 12.8. The highest BCUT2D eigenvalue weighted by atomic mass is 35.5. The number of benzene rings is 3. The number of nitrogens with one attached hydrogen (secondary N) is 1. The van der Waals surface area contributed by atoms with Gasteiger partial charge in [-0.15, -0.1) is 0 Å². The van der Waals surface area contributed by atoms with Gasteiger partial charge >= 0.3 is 0 Å². The average molecular weight is 364 g/mol. The molecule has 0 bridgehead atoms. The average Bonchev–Trinajstić information content (AvgIpc) is 2.62. The van der Waals surface area contributed by atoms with Gasteiger partial charge in [-0.25, -0.2) is 0 Å². The van der Waals surface area contributed by atoms with E-state index < -0.39 is 0 Å².